The number of hydrogen-bond donors (Lipinski definition) is 2. The number of β-amino-alcohol motifs (C(OH)–C–C–N with tert-alkyl or cyclic N) is 1. The van der Waals surface area contributed by atoms with Crippen molar-refractivity contribution in [2.24, 2.45) is 0 Å². The van der Waals surface area contributed by atoms with Crippen LogP contribution in [0.15, 0.2) is 35.5 Å². The van der Waals surface area contributed by atoms with Crippen molar-refractivity contribution in [1.82, 2.24) is 4.90 Å². The molecule has 2 N–H and O–H groups in total. The first-order valence-electron chi connectivity index (χ1n) is 9.59. The molecule has 0 saturated heterocycles. The third-order valence-corrected chi connectivity index (χ3v) is 4.75. The number of ether oxygens (including phenoxy) is 2. The largest absolute Gasteiger partial charge is 0.466 e. The number of alkyl halides is 3. The number of amides is 1. The molecule has 0 radical (unpaired) electrons. The first kappa shape index (κ1) is 25.8. The highest BCUT2D eigenvalue weighted by molar-refractivity contribution is 6.08. The minimum absolute atomic E-state index is 0.102. The van der Waals surface area contributed by atoms with E-state index in [1.165, 1.54) is 0 Å². The van der Waals surface area contributed by atoms with Crippen molar-refractivity contribution in [3.63, 3.8) is 0 Å². The fraction of sp³-hybridized carbons (Fsp3) is 0.238. The Bertz CT molecular complexity index is 1170. The minimum Gasteiger partial charge on any atom is -0.466 e. The second-order valence-corrected chi connectivity index (χ2v) is 7.06. The van der Waals surface area contributed by atoms with Crippen LogP contribution in [0.4, 0.5) is 36.4 Å². The Labute approximate surface area is 192 Å². The van der Waals surface area contributed by atoms with Crippen molar-refractivity contribution in [2.75, 3.05) is 32.1 Å². The van der Waals surface area contributed by atoms with Crippen LogP contribution >= 0.6 is 0 Å². The predicted octanol–water partition coefficient (Wildman–Crippen LogP) is 3.73. The van der Waals surface area contributed by atoms with Crippen molar-refractivity contribution in [3.8, 4) is 11.5 Å². The summed E-state index contributed by atoms with van der Waals surface area (Å²) < 4.78 is 104. The molecule has 3 rings (SSSR count). The van der Waals surface area contributed by atoms with Crippen LogP contribution in [0, 0.1) is 23.3 Å². The Balaban J connectivity index is 1.92. The summed E-state index contributed by atoms with van der Waals surface area (Å²) in [6.45, 7) is -0.836. The molecule has 2 aromatic carbocycles. The van der Waals surface area contributed by atoms with Crippen LogP contribution < -0.4 is 10.1 Å². The number of halogens is 7. The van der Waals surface area contributed by atoms with Gasteiger partial charge in [-0.1, -0.05) is 0 Å². The molecule has 0 unspecified atom stereocenters. The van der Waals surface area contributed by atoms with Crippen molar-refractivity contribution >= 4 is 17.6 Å². The zero-order chi connectivity index (χ0) is 26.1. The van der Waals surface area contributed by atoms with E-state index >= 15 is 0 Å². The first-order chi connectivity index (χ1) is 16.4. The number of rotatable bonds is 7. The molecule has 1 heterocycles. The highest BCUT2D eigenvalue weighted by Gasteiger charge is 2.35. The average molecular weight is 508 g/mol. The third-order valence-electron chi connectivity index (χ3n) is 4.75. The number of nitrogens with zero attached hydrogens (tertiary/aromatic N) is 1. The maximum Gasteiger partial charge on any atom is 0.416 e. The number of esters is 1. The number of aliphatic hydroxyl groups excluding tert-OH is 1. The van der Waals surface area contributed by atoms with Gasteiger partial charge < -0.3 is 24.8 Å². The van der Waals surface area contributed by atoms with Gasteiger partial charge in [0, 0.05) is 24.4 Å². The fourth-order valence-corrected chi connectivity index (χ4v) is 3.15. The van der Waals surface area contributed by atoms with Gasteiger partial charge in [-0.3, -0.25) is 4.79 Å². The standard InChI is InChI=1S/C21H15F7N2O5/c1-34-20(33)11-8-30(2-3-31)19(32)16(11)29-10-6-14(24)18(15(25)7-10)35-17-12(22)4-9(5-13(17)23)21(26,27)28/h4-7,29,31H,2-3,8H2,1H3. The predicted molar refractivity (Wildman–Crippen MR) is 104 cm³/mol. The fourth-order valence-electron chi connectivity index (χ4n) is 3.15. The van der Waals surface area contributed by atoms with Crippen LogP contribution in [0.2, 0.25) is 0 Å². The molecule has 1 aliphatic heterocycles. The van der Waals surface area contributed by atoms with Gasteiger partial charge in [0.1, 0.15) is 5.70 Å². The van der Waals surface area contributed by atoms with Gasteiger partial charge in [0.2, 0.25) is 0 Å². The summed E-state index contributed by atoms with van der Waals surface area (Å²) in [6.07, 6.45) is -5.08. The van der Waals surface area contributed by atoms with Gasteiger partial charge in [0.05, 0.1) is 31.4 Å². The molecule has 35 heavy (non-hydrogen) atoms. The molecule has 0 spiro atoms. The molecule has 0 atom stereocenters. The maximum absolute atomic E-state index is 14.6. The van der Waals surface area contributed by atoms with E-state index in [1.807, 2.05) is 0 Å². The van der Waals surface area contributed by atoms with Crippen LogP contribution in [0.25, 0.3) is 0 Å². The molecule has 2 aromatic rings. The Kier molecular flexibility index (Phi) is 7.24. The number of benzene rings is 2. The summed E-state index contributed by atoms with van der Waals surface area (Å²) in [7, 11) is 1.04. The van der Waals surface area contributed by atoms with Crippen molar-refractivity contribution in [1.29, 1.82) is 0 Å². The number of nitrogens with one attached hydrogen (secondary N) is 1. The molecule has 0 fully saturated rings. The van der Waals surface area contributed by atoms with E-state index < -0.39 is 76.4 Å². The highest BCUT2D eigenvalue weighted by atomic mass is 19.4. The first-order valence-corrected chi connectivity index (χ1v) is 9.59. The molecule has 188 valence electrons. The Morgan fingerprint density at radius 2 is 1.54 bits per heavy atom. The SMILES string of the molecule is COC(=O)C1=C(Nc2cc(F)c(Oc3c(F)cc(C(F)(F)F)cc3F)c(F)c2)C(=O)N(CCO)C1. The summed E-state index contributed by atoms with van der Waals surface area (Å²) in [6, 6.07) is 0.911. The van der Waals surface area contributed by atoms with E-state index in [-0.39, 0.29) is 30.8 Å². The lowest BCUT2D eigenvalue weighted by Gasteiger charge is -2.16. The van der Waals surface area contributed by atoms with Gasteiger partial charge in [0.25, 0.3) is 5.91 Å². The van der Waals surface area contributed by atoms with Gasteiger partial charge in [-0.05, 0) is 12.1 Å². The van der Waals surface area contributed by atoms with E-state index in [0.29, 0.717) is 12.1 Å². The van der Waals surface area contributed by atoms with Gasteiger partial charge in [-0.25, -0.2) is 22.4 Å². The Hall–Kier alpha value is -3.81. The van der Waals surface area contributed by atoms with E-state index in [2.05, 4.69) is 14.8 Å². The van der Waals surface area contributed by atoms with Crippen molar-refractivity contribution in [2.45, 2.75) is 6.18 Å². The molecule has 7 nitrogen and oxygen atoms in total. The average Bonchev–Trinajstić information content (AvgIpc) is 3.06. The summed E-state index contributed by atoms with van der Waals surface area (Å²) in [5.41, 5.74) is -2.68. The molecule has 14 heteroatoms. The monoisotopic (exact) mass is 508 g/mol. The Morgan fingerprint density at radius 3 is 2.00 bits per heavy atom. The van der Waals surface area contributed by atoms with E-state index in [0.717, 1.165) is 12.0 Å². The highest BCUT2D eigenvalue weighted by Crippen LogP contribution is 2.37. The van der Waals surface area contributed by atoms with Crippen LogP contribution in [-0.4, -0.2) is 48.7 Å². The van der Waals surface area contributed by atoms with E-state index in [1.54, 1.807) is 0 Å². The number of aliphatic hydroxyl groups is 1. The molecular weight excluding hydrogens is 493 g/mol. The number of carbonyl (C=O) groups is 2. The van der Waals surface area contributed by atoms with Gasteiger partial charge in [-0.2, -0.15) is 13.2 Å². The van der Waals surface area contributed by atoms with E-state index in [4.69, 9.17) is 5.11 Å². The molecule has 1 amide bonds. The van der Waals surface area contributed by atoms with Gasteiger partial charge in [-0.15, -0.1) is 0 Å². The second kappa shape index (κ2) is 9.82. The topological polar surface area (TPSA) is 88.1 Å². The molecule has 1 aliphatic rings. The van der Waals surface area contributed by atoms with Gasteiger partial charge in [0.15, 0.2) is 34.8 Å². The van der Waals surface area contributed by atoms with E-state index in [9.17, 15) is 40.3 Å². The lowest BCUT2D eigenvalue weighted by Crippen LogP contribution is -2.31. The Morgan fingerprint density at radius 1 is 1.03 bits per heavy atom. The van der Waals surface area contributed by atoms with Crippen molar-refractivity contribution in [3.05, 3.63) is 64.4 Å². The number of methoxy groups -OCH3 is 1. The second-order valence-electron chi connectivity index (χ2n) is 7.06. The quantitative estimate of drug-likeness (QED) is 0.438. The summed E-state index contributed by atoms with van der Waals surface area (Å²) >= 11 is 0. The normalized spacial score (nSPS) is 14.0. The number of carbonyl (C=O) groups excluding carboxylic acids is 2. The summed E-state index contributed by atoms with van der Waals surface area (Å²) in [5, 5.41) is 11.4. The molecular formula is C21H15F7N2O5. The molecule has 0 bridgehead atoms. The van der Waals surface area contributed by atoms with Crippen LogP contribution in [0.5, 0.6) is 11.5 Å². The van der Waals surface area contributed by atoms with Crippen molar-refractivity contribution < 1.29 is 54.9 Å². The summed E-state index contributed by atoms with van der Waals surface area (Å²) in [4.78, 5) is 25.5. The third kappa shape index (κ3) is 5.31. The number of hydrogen-bond acceptors (Lipinski definition) is 6. The zero-order valence-electron chi connectivity index (χ0n) is 17.6. The van der Waals surface area contributed by atoms with Crippen LogP contribution in [0.1, 0.15) is 5.56 Å². The summed E-state index contributed by atoms with van der Waals surface area (Å²) in [5.74, 6) is -11.3. The van der Waals surface area contributed by atoms with Gasteiger partial charge >= 0.3 is 12.1 Å². The lowest BCUT2D eigenvalue weighted by atomic mass is 10.2. The van der Waals surface area contributed by atoms with Crippen LogP contribution in [0.3, 0.4) is 0 Å². The molecule has 0 aromatic heterocycles. The number of anilines is 1. The van der Waals surface area contributed by atoms with Crippen LogP contribution in [-0.2, 0) is 20.5 Å². The zero-order valence-corrected chi connectivity index (χ0v) is 17.6. The molecule has 0 aliphatic carbocycles. The lowest BCUT2D eigenvalue weighted by molar-refractivity contribution is -0.138. The maximum atomic E-state index is 14.6. The minimum atomic E-state index is -5.08. The smallest absolute Gasteiger partial charge is 0.416 e. The molecule has 0 saturated carbocycles.